The average Bonchev–Trinajstić information content (AvgIpc) is 3.82. The molecule has 0 fully saturated rings. The first kappa shape index (κ1) is 33.0. The Balaban J connectivity index is 1.22. The van der Waals surface area contributed by atoms with Crippen molar-refractivity contribution in [2.45, 2.75) is 5.41 Å². The van der Waals surface area contributed by atoms with Gasteiger partial charge in [-0.3, -0.25) is 0 Å². The minimum absolute atomic E-state index is 0.537. The highest BCUT2D eigenvalue weighted by atomic mass is 16.3. The van der Waals surface area contributed by atoms with Gasteiger partial charge in [0.05, 0.1) is 16.8 Å². The summed E-state index contributed by atoms with van der Waals surface area (Å²) in [7, 11) is 0. The van der Waals surface area contributed by atoms with Crippen molar-refractivity contribution in [3.63, 3.8) is 0 Å². The number of para-hydroxylation sites is 3. The Morgan fingerprint density at radius 1 is 0.333 bits per heavy atom. The van der Waals surface area contributed by atoms with Gasteiger partial charge in [-0.2, -0.15) is 0 Å². The molecule has 2 nitrogen and oxygen atoms in total. The normalized spacial score (nSPS) is 12.7. The van der Waals surface area contributed by atoms with Crippen molar-refractivity contribution in [1.82, 2.24) is 0 Å². The zero-order valence-corrected chi connectivity index (χ0v) is 31.2. The van der Waals surface area contributed by atoms with E-state index < -0.39 is 5.41 Å². The molecule has 0 bridgehead atoms. The summed E-state index contributed by atoms with van der Waals surface area (Å²) in [6, 6.07) is 81.0. The first-order valence-electron chi connectivity index (χ1n) is 19.6. The van der Waals surface area contributed by atoms with E-state index in [0.717, 1.165) is 61.3 Å². The third kappa shape index (κ3) is 5.11. The Morgan fingerprint density at radius 3 is 1.51 bits per heavy atom. The van der Waals surface area contributed by atoms with Gasteiger partial charge in [0.25, 0.3) is 0 Å². The van der Waals surface area contributed by atoms with Crippen molar-refractivity contribution in [3.8, 4) is 33.4 Å². The summed E-state index contributed by atoms with van der Waals surface area (Å²) in [5, 5.41) is 2.18. The zero-order chi connectivity index (χ0) is 37.8. The van der Waals surface area contributed by atoms with E-state index in [-0.39, 0.29) is 0 Å². The summed E-state index contributed by atoms with van der Waals surface area (Å²) < 4.78 is 7.12. The highest BCUT2D eigenvalue weighted by molar-refractivity contribution is 6.14. The fourth-order valence-electron chi connectivity index (χ4n) is 9.34. The molecular formula is C55H37NO. The van der Waals surface area contributed by atoms with Crippen LogP contribution in [-0.2, 0) is 5.41 Å². The molecule has 0 amide bonds. The molecule has 10 aromatic rings. The van der Waals surface area contributed by atoms with Crippen molar-refractivity contribution in [2.24, 2.45) is 0 Å². The fraction of sp³-hybridized carbons (Fsp3) is 0.0182. The topological polar surface area (TPSA) is 16.4 Å². The number of anilines is 3. The lowest BCUT2D eigenvalue weighted by Gasteiger charge is -2.35. The van der Waals surface area contributed by atoms with Gasteiger partial charge in [-0.25, -0.2) is 0 Å². The van der Waals surface area contributed by atoms with Gasteiger partial charge in [0.2, 0.25) is 0 Å². The van der Waals surface area contributed by atoms with E-state index in [2.05, 4.69) is 229 Å². The number of nitrogens with zero attached hydrogens (tertiary/aromatic N) is 1. The summed E-state index contributed by atoms with van der Waals surface area (Å²) in [6.45, 7) is 0. The third-order valence-electron chi connectivity index (χ3n) is 11.8. The smallest absolute Gasteiger partial charge is 0.159 e. The highest BCUT2D eigenvalue weighted by Crippen LogP contribution is 2.58. The van der Waals surface area contributed by atoms with Crippen LogP contribution in [0.1, 0.15) is 22.3 Å². The summed E-state index contributed by atoms with van der Waals surface area (Å²) >= 11 is 0. The maximum Gasteiger partial charge on any atom is 0.159 e. The second-order valence-corrected chi connectivity index (χ2v) is 14.8. The quantitative estimate of drug-likeness (QED) is 0.163. The van der Waals surface area contributed by atoms with E-state index >= 15 is 0 Å². The van der Waals surface area contributed by atoms with Crippen LogP contribution >= 0.6 is 0 Å². The monoisotopic (exact) mass is 727 g/mol. The van der Waals surface area contributed by atoms with Crippen molar-refractivity contribution in [1.29, 1.82) is 0 Å². The first-order chi connectivity index (χ1) is 28.3. The average molecular weight is 728 g/mol. The maximum absolute atomic E-state index is 7.12. The lowest BCUT2D eigenvalue weighted by atomic mass is 9.67. The van der Waals surface area contributed by atoms with Crippen LogP contribution in [0, 0.1) is 0 Å². The van der Waals surface area contributed by atoms with Crippen LogP contribution in [0.2, 0.25) is 0 Å². The lowest BCUT2D eigenvalue weighted by Crippen LogP contribution is -2.28. The highest BCUT2D eigenvalue weighted by Gasteiger charge is 2.46. The molecule has 0 saturated carbocycles. The number of rotatable bonds is 7. The minimum Gasteiger partial charge on any atom is -0.453 e. The van der Waals surface area contributed by atoms with E-state index in [4.69, 9.17) is 4.42 Å². The SMILES string of the molecule is c1ccc(-c2ccccc2N(c2ccc3c(c2)C(c2ccccc2)(c2ccccc2)c2ccccc2-3)c2cccc3c2oc2c(-c4ccccc4)cccc23)cc1. The second-order valence-electron chi connectivity index (χ2n) is 14.8. The van der Waals surface area contributed by atoms with Crippen LogP contribution in [0.3, 0.4) is 0 Å². The standard InChI is InChI=1S/C55H37NO/c1-5-19-38(20-6-1)43-27-14-16-33-51(43)56(52-34-18-31-48-47-30-17-29-44(53(47)57-54(48)52)39-21-7-2-8-22-39)42-35-36-46-45-28-13-15-32-49(45)55(50(46)37-42,40-23-9-3-10-24-40)41-25-11-4-12-26-41/h1-37H. The number of hydrogen-bond acceptors (Lipinski definition) is 2. The van der Waals surface area contributed by atoms with Gasteiger partial charge >= 0.3 is 0 Å². The van der Waals surface area contributed by atoms with Crippen LogP contribution in [0.5, 0.6) is 0 Å². The molecule has 2 heteroatoms. The van der Waals surface area contributed by atoms with E-state index in [1.165, 1.54) is 33.4 Å². The summed E-state index contributed by atoms with van der Waals surface area (Å²) in [5.74, 6) is 0. The van der Waals surface area contributed by atoms with Crippen molar-refractivity contribution in [3.05, 3.63) is 247 Å². The van der Waals surface area contributed by atoms with Gasteiger partial charge in [-0.05, 0) is 68.8 Å². The molecule has 0 atom stereocenters. The summed E-state index contributed by atoms with van der Waals surface area (Å²) in [6.07, 6.45) is 0. The molecule has 9 aromatic carbocycles. The van der Waals surface area contributed by atoms with E-state index in [0.29, 0.717) is 0 Å². The van der Waals surface area contributed by atoms with Crippen LogP contribution in [0.25, 0.3) is 55.3 Å². The van der Waals surface area contributed by atoms with Crippen molar-refractivity contribution in [2.75, 3.05) is 4.90 Å². The van der Waals surface area contributed by atoms with Gasteiger partial charge in [-0.1, -0.05) is 200 Å². The molecule has 1 heterocycles. The lowest BCUT2D eigenvalue weighted by molar-refractivity contribution is 0.670. The summed E-state index contributed by atoms with van der Waals surface area (Å²) in [5.41, 5.74) is 16.3. The Morgan fingerprint density at radius 2 is 0.825 bits per heavy atom. The predicted octanol–water partition coefficient (Wildman–Crippen LogP) is 14.8. The van der Waals surface area contributed by atoms with E-state index in [1.807, 2.05) is 0 Å². The Kier molecular flexibility index (Phi) is 7.75. The van der Waals surface area contributed by atoms with Crippen molar-refractivity contribution >= 4 is 39.0 Å². The molecule has 1 aromatic heterocycles. The molecule has 0 aliphatic heterocycles. The number of hydrogen-bond donors (Lipinski definition) is 0. The molecule has 0 radical (unpaired) electrons. The molecule has 0 spiro atoms. The molecule has 1 aliphatic rings. The van der Waals surface area contributed by atoms with Crippen LogP contribution in [-0.4, -0.2) is 0 Å². The third-order valence-corrected chi connectivity index (χ3v) is 11.8. The second kappa shape index (κ2) is 13.4. The van der Waals surface area contributed by atoms with Gasteiger partial charge in [0, 0.05) is 27.6 Å². The summed E-state index contributed by atoms with van der Waals surface area (Å²) in [4.78, 5) is 2.42. The van der Waals surface area contributed by atoms with Crippen LogP contribution in [0.15, 0.2) is 229 Å². The van der Waals surface area contributed by atoms with Crippen LogP contribution in [0.4, 0.5) is 17.1 Å². The fourth-order valence-corrected chi connectivity index (χ4v) is 9.34. The van der Waals surface area contributed by atoms with Gasteiger partial charge in [0.1, 0.15) is 5.58 Å². The Hall–Kier alpha value is -7.42. The van der Waals surface area contributed by atoms with Gasteiger partial charge in [0.15, 0.2) is 5.58 Å². The number of fused-ring (bicyclic) bond motifs is 6. The van der Waals surface area contributed by atoms with E-state index in [9.17, 15) is 0 Å². The Labute approximate surface area is 332 Å². The predicted molar refractivity (Wildman–Crippen MR) is 237 cm³/mol. The first-order valence-corrected chi connectivity index (χ1v) is 19.6. The molecule has 1 aliphatic carbocycles. The molecule has 0 N–H and O–H groups in total. The zero-order valence-electron chi connectivity index (χ0n) is 31.2. The number of benzene rings is 9. The van der Waals surface area contributed by atoms with Crippen LogP contribution < -0.4 is 4.90 Å². The minimum atomic E-state index is -0.537. The molecule has 57 heavy (non-hydrogen) atoms. The van der Waals surface area contributed by atoms with Gasteiger partial charge < -0.3 is 9.32 Å². The van der Waals surface area contributed by atoms with Gasteiger partial charge in [-0.15, -0.1) is 0 Å². The molecule has 11 rings (SSSR count). The largest absolute Gasteiger partial charge is 0.453 e. The van der Waals surface area contributed by atoms with E-state index in [1.54, 1.807) is 0 Å². The number of furan rings is 1. The molecule has 268 valence electrons. The molecule has 0 unspecified atom stereocenters. The maximum atomic E-state index is 7.12. The molecular weight excluding hydrogens is 691 g/mol. The molecule has 0 saturated heterocycles. The Bertz CT molecular complexity index is 3020. The van der Waals surface area contributed by atoms with Crippen molar-refractivity contribution < 1.29 is 4.42 Å².